The molecule has 1 saturated carbocycles. The molecule has 1 fully saturated rings. The molecule has 1 aliphatic carbocycles. The molecule has 0 radical (unpaired) electrons. The first-order chi connectivity index (χ1) is 9.81. The number of rotatable bonds is 6. The van der Waals surface area contributed by atoms with Crippen LogP contribution < -0.4 is 5.32 Å². The van der Waals surface area contributed by atoms with Crippen LogP contribution in [-0.2, 0) is 6.54 Å². The summed E-state index contributed by atoms with van der Waals surface area (Å²) in [6, 6.07) is 9.67. The molecule has 0 amide bonds. The zero-order valence-electron chi connectivity index (χ0n) is 12.1. The van der Waals surface area contributed by atoms with Crippen LogP contribution in [0.5, 0.6) is 0 Å². The summed E-state index contributed by atoms with van der Waals surface area (Å²) in [5.74, 6) is 0.765. The van der Waals surface area contributed by atoms with Crippen LogP contribution in [0.2, 0.25) is 0 Å². The molecule has 1 aromatic heterocycles. The van der Waals surface area contributed by atoms with E-state index in [9.17, 15) is 0 Å². The maximum absolute atomic E-state index is 4.06. The molecule has 0 spiro atoms. The molecule has 1 aromatic carbocycles. The third-order valence-electron chi connectivity index (χ3n) is 4.24. The van der Waals surface area contributed by atoms with Crippen LogP contribution in [0.25, 0.3) is 0 Å². The summed E-state index contributed by atoms with van der Waals surface area (Å²) in [4.78, 5) is 4.06. The van der Waals surface area contributed by atoms with Gasteiger partial charge in [-0.15, -0.1) is 0 Å². The average Bonchev–Trinajstić information content (AvgIpc) is 2.89. The standard InChI is InChI=1S/C17H23N3/c1-14-4-2-5-15(10-14)16-11-17(12-16)19-6-3-8-20-9-7-18-13-20/h2,4-5,7,9-10,13,16-17,19H,3,6,8,11-12H2,1H3. The molecule has 1 heterocycles. The molecule has 3 heteroatoms. The molecule has 0 atom stereocenters. The first-order valence-corrected chi connectivity index (χ1v) is 7.57. The monoisotopic (exact) mass is 269 g/mol. The van der Waals surface area contributed by atoms with Crippen molar-refractivity contribution in [2.24, 2.45) is 0 Å². The number of nitrogens with zero attached hydrogens (tertiary/aromatic N) is 2. The predicted molar refractivity (Wildman–Crippen MR) is 81.8 cm³/mol. The zero-order chi connectivity index (χ0) is 13.8. The van der Waals surface area contributed by atoms with Crippen molar-refractivity contribution in [3.8, 4) is 0 Å². The molecule has 0 bridgehead atoms. The lowest BCUT2D eigenvalue weighted by molar-refractivity contribution is 0.289. The van der Waals surface area contributed by atoms with Gasteiger partial charge in [-0.05, 0) is 44.2 Å². The van der Waals surface area contributed by atoms with Crippen molar-refractivity contribution in [2.75, 3.05) is 6.54 Å². The number of nitrogens with one attached hydrogen (secondary N) is 1. The van der Waals surface area contributed by atoms with Crippen molar-refractivity contribution in [2.45, 2.75) is 44.7 Å². The number of aromatic nitrogens is 2. The van der Waals surface area contributed by atoms with E-state index in [1.54, 1.807) is 0 Å². The van der Waals surface area contributed by atoms with Crippen LogP contribution in [0.3, 0.4) is 0 Å². The molecule has 0 unspecified atom stereocenters. The lowest BCUT2D eigenvalue weighted by atomic mass is 9.75. The Bertz CT molecular complexity index is 527. The Morgan fingerprint density at radius 1 is 1.35 bits per heavy atom. The number of hydrogen-bond acceptors (Lipinski definition) is 2. The number of hydrogen-bond donors (Lipinski definition) is 1. The van der Waals surface area contributed by atoms with Gasteiger partial charge in [0.15, 0.2) is 0 Å². The largest absolute Gasteiger partial charge is 0.337 e. The van der Waals surface area contributed by atoms with Crippen LogP contribution in [0.1, 0.15) is 36.3 Å². The Balaban J connectivity index is 1.34. The average molecular weight is 269 g/mol. The fourth-order valence-corrected chi connectivity index (χ4v) is 2.97. The van der Waals surface area contributed by atoms with Crippen molar-refractivity contribution in [1.29, 1.82) is 0 Å². The SMILES string of the molecule is Cc1cccc(C2CC(NCCCn3ccnc3)C2)c1. The van der Waals surface area contributed by atoms with E-state index in [1.165, 1.54) is 30.4 Å². The smallest absolute Gasteiger partial charge is 0.0945 e. The van der Waals surface area contributed by atoms with E-state index >= 15 is 0 Å². The summed E-state index contributed by atoms with van der Waals surface area (Å²) in [5, 5.41) is 3.66. The van der Waals surface area contributed by atoms with Crippen molar-refractivity contribution in [1.82, 2.24) is 14.9 Å². The molecule has 106 valence electrons. The summed E-state index contributed by atoms with van der Waals surface area (Å²) in [7, 11) is 0. The Kier molecular flexibility index (Phi) is 4.16. The van der Waals surface area contributed by atoms with E-state index in [0.29, 0.717) is 6.04 Å². The second-order valence-corrected chi connectivity index (χ2v) is 5.89. The van der Waals surface area contributed by atoms with Crippen LogP contribution in [0.15, 0.2) is 43.0 Å². The second kappa shape index (κ2) is 6.23. The Labute approximate surface area is 121 Å². The number of aryl methyl sites for hydroxylation is 2. The molecule has 2 aromatic rings. The van der Waals surface area contributed by atoms with Gasteiger partial charge in [-0.3, -0.25) is 0 Å². The third-order valence-corrected chi connectivity index (χ3v) is 4.24. The predicted octanol–water partition coefficient (Wildman–Crippen LogP) is 3.12. The van der Waals surface area contributed by atoms with E-state index in [2.05, 4.69) is 46.1 Å². The first-order valence-electron chi connectivity index (χ1n) is 7.57. The van der Waals surface area contributed by atoms with Crippen molar-refractivity contribution >= 4 is 0 Å². The van der Waals surface area contributed by atoms with Crippen molar-refractivity contribution in [3.63, 3.8) is 0 Å². The van der Waals surface area contributed by atoms with Gasteiger partial charge in [-0.2, -0.15) is 0 Å². The minimum Gasteiger partial charge on any atom is -0.337 e. The highest BCUT2D eigenvalue weighted by atomic mass is 15.0. The molecule has 3 rings (SSSR count). The van der Waals surface area contributed by atoms with E-state index in [0.717, 1.165) is 19.0 Å². The lowest BCUT2D eigenvalue weighted by Crippen LogP contribution is -2.40. The normalized spacial score (nSPS) is 21.6. The Morgan fingerprint density at radius 3 is 3.00 bits per heavy atom. The van der Waals surface area contributed by atoms with Gasteiger partial charge in [0.2, 0.25) is 0 Å². The molecular formula is C17H23N3. The third kappa shape index (κ3) is 3.28. The second-order valence-electron chi connectivity index (χ2n) is 5.89. The van der Waals surface area contributed by atoms with Crippen molar-refractivity contribution < 1.29 is 0 Å². The van der Waals surface area contributed by atoms with E-state index in [1.807, 2.05) is 18.7 Å². The zero-order valence-corrected chi connectivity index (χ0v) is 12.1. The van der Waals surface area contributed by atoms with E-state index in [-0.39, 0.29) is 0 Å². The highest BCUT2D eigenvalue weighted by Crippen LogP contribution is 2.36. The lowest BCUT2D eigenvalue weighted by Gasteiger charge is -2.36. The molecule has 1 N–H and O–H groups in total. The van der Waals surface area contributed by atoms with Gasteiger partial charge in [0, 0.05) is 25.0 Å². The van der Waals surface area contributed by atoms with E-state index in [4.69, 9.17) is 0 Å². The maximum Gasteiger partial charge on any atom is 0.0945 e. The molecule has 20 heavy (non-hydrogen) atoms. The number of benzene rings is 1. The van der Waals surface area contributed by atoms with Crippen LogP contribution in [-0.4, -0.2) is 22.1 Å². The number of imidazole rings is 1. The topological polar surface area (TPSA) is 29.9 Å². The van der Waals surface area contributed by atoms with Crippen LogP contribution in [0.4, 0.5) is 0 Å². The highest BCUT2D eigenvalue weighted by Gasteiger charge is 2.29. The highest BCUT2D eigenvalue weighted by molar-refractivity contribution is 5.27. The van der Waals surface area contributed by atoms with Gasteiger partial charge in [-0.25, -0.2) is 4.98 Å². The summed E-state index contributed by atoms with van der Waals surface area (Å²) in [5.41, 5.74) is 2.89. The minimum atomic E-state index is 0.711. The summed E-state index contributed by atoms with van der Waals surface area (Å²) in [6.07, 6.45) is 9.49. The Hall–Kier alpha value is -1.61. The van der Waals surface area contributed by atoms with Gasteiger partial charge in [0.05, 0.1) is 6.33 Å². The van der Waals surface area contributed by atoms with Gasteiger partial charge in [0.25, 0.3) is 0 Å². The summed E-state index contributed by atoms with van der Waals surface area (Å²) >= 11 is 0. The quantitative estimate of drug-likeness (QED) is 0.817. The first kappa shape index (κ1) is 13.4. The molecule has 0 saturated heterocycles. The minimum absolute atomic E-state index is 0.711. The Morgan fingerprint density at radius 2 is 2.25 bits per heavy atom. The summed E-state index contributed by atoms with van der Waals surface area (Å²) in [6.45, 7) is 4.33. The van der Waals surface area contributed by atoms with Gasteiger partial charge in [0.1, 0.15) is 0 Å². The van der Waals surface area contributed by atoms with Crippen LogP contribution >= 0.6 is 0 Å². The molecule has 1 aliphatic rings. The molecule has 3 nitrogen and oxygen atoms in total. The fourth-order valence-electron chi connectivity index (χ4n) is 2.97. The van der Waals surface area contributed by atoms with Gasteiger partial charge in [-0.1, -0.05) is 29.8 Å². The van der Waals surface area contributed by atoms with Crippen molar-refractivity contribution in [3.05, 3.63) is 54.1 Å². The summed E-state index contributed by atoms with van der Waals surface area (Å²) < 4.78 is 2.14. The molecule has 0 aliphatic heterocycles. The maximum atomic E-state index is 4.06. The van der Waals surface area contributed by atoms with E-state index < -0.39 is 0 Å². The van der Waals surface area contributed by atoms with Gasteiger partial charge < -0.3 is 9.88 Å². The molecular weight excluding hydrogens is 246 g/mol. The van der Waals surface area contributed by atoms with Gasteiger partial charge >= 0.3 is 0 Å². The van der Waals surface area contributed by atoms with Crippen LogP contribution in [0, 0.1) is 6.92 Å². The fraction of sp³-hybridized carbons (Fsp3) is 0.471.